The van der Waals surface area contributed by atoms with Gasteiger partial charge in [-0.1, -0.05) is 66.1 Å². The molecule has 214 valence electrons. The molecule has 0 atom stereocenters. The summed E-state index contributed by atoms with van der Waals surface area (Å²) in [6.07, 6.45) is 2.01. The number of hydrogen-bond acceptors (Lipinski definition) is 6. The van der Waals surface area contributed by atoms with Gasteiger partial charge >= 0.3 is 5.97 Å². The van der Waals surface area contributed by atoms with Crippen molar-refractivity contribution in [3.05, 3.63) is 77.3 Å². The zero-order valence-electron chi connectivity index (χ0n) is 24.1. The van der Waals surface area contributed by atoms with E-state index in [1.165, 1.54) is 0 Å². The summed E-state index contributed by atoms with van der Waals surface area (Å²) >= 11 is 6.64. The number of nitrogens with one attached hydrogen (secondary N) is 1. The summed E-state index contributed by atoms with van der Waals surface area (Å²) in [5, 5.41) is 18.3. The second-order valence-corrected chi connectivity index (χ2v) is 12.4. The third-order valence-corrected chi connectivity index (χ3v) is 8.22. The number of carbonyl (C=O) groups is 1. The Morgan fingerprint density at radius 2 is 1.73 bits per heavy atom. The molecule has 0 radical (unpaired) electrons. The topological polar surface area (TPSA) is 91.5 Å². The highest BCUT2D eigenvalue weighted by atomic mass is 35.5. The number of piperidine rings is 1. The van der Waals surface area contributed by atoms with Gasteiger partial charge in [0.05, 0.1) is 5.41 Å². The van der Waals surface area contributed by atoms with Crippen LogP contribution >= 0.6 is 11.6 Å². The number of carboxylic acids is 1. The predicted molar refractivity (Wildman–Crippen MR) is 164 cm³/mol. The first kappa shape index (κ1) is 28.8. The van der Waals surface area contributed by atoms with Crippen molar-refractivity contribution in [3.63, 3.8) is 0 Å². The first-order chi connectivity index (χ1) is 19.6. The van der Waals surface area contributed by atoms with E-state index < -0.39 is 11.4 Å². The molecule has 0 unspecified atom stereocenters. The quantitative estimate of drug-likeness (QED) is 0.221. The maximum absolute atomic E-state index is 11.9. The zero-order valence-corrected chi connectivity index (χ0v) is 24.8. The third kappa shape index (κ3) is 6.47. The van der Waals surface area contributed by atoms with Crippen molar-refractivity contribution >= 4 is 23.3 Å². The van der Waals surface area contributed by atoms with Gasteiger partial charge in [-0.2, -0.15) is 4.98 Å². The number of hydrogen-bond donors (Lipinski definition) is 2. The van der Waals surface area contributed by atoms with Crippen LogP contribution in [-0.2, 0) is 11.3 Å². The summed E-state index contributed by atoms with van der Waals surface area (Å²) in [6.45, 7) is 10.6. The fraction of sp³-hybridized carbons (Fsp3) is 0.364. The molecule has 8 heteroatoms. The van der Waals surface area contributed by atoms with Gasteiger partial charge in [0.1, 0.15) is 0 Å². The molecule has 0 bridgehead atoms. The van der Waals surface area contributed by atoms with Crippen LogP contribution in [0.5, 0.6) is 0 Å². The smallest absolute Gasteiger partial charge is 0.309 e. The fourth-order valence-electron chi connectivity index (χ4n) is 5.46. The van der Waals surface area contributed by atoms with Crippen molar-refractivity contribution in [2.24, 2.45) is 5.41 Å². The van der Waals surface area contributed by atoms with Crippen LogP contribution in [0.15, 0.2) is 71.3 Å². The maximum Gasteiger partial charge on any atom is 0.309 e. The van der Waals surface area contributed by atoms with Crippen molar-refractivity contribution in [2.45, 2.75) is 59.0 Å². The lowest BCUT2D eigenvalue weighted by Crippen LogP contribution is -2.43. The van der Waals surface area contributed by atoms with Crippen LogP contribution in [-0.4, -0.2) is 44.7 Å². The molecule has 1 saturated heterocycles. The van der Waals surface area contributed by atoms with Gasteiger partial charge < -0.3 is 14.9 Å². The minimum atomic E-state index is -0.672. The second kappa shape index (κ2) is 11.7. The van der Waals surface area contributed by atoms with E-state index in [9.17, 15) is 9.90 Å². The Hall–Kier alpha value is -3.68. The molecule has 0 aliphatic carbocycles. The van der Waals surface area contributed by atoms with Crippen LogP contribution in [0.25, 0.3) is 34.0 Å². The van der Waals surface area contributed by atoms with Gasteiger partial charge in [0.15, 0.2) is 0 Å². The highest BCUT2D eigenvalue weighted by Crippen LogP contribution is 2.37. The van der Waals surface area contributed by atoms with Gasteiger partial charge in [-0.3, -0.25) is 9.69 Å². The number of halogens is 1. The highest BCUT2D eigenvalue weighted by molar-refractivity contribution is 6.33. The lowest BCUT2D eigenvalue weighted by atomic mass is 9.76. The minimum absolute atomic E-state index is 0.186. The van der Waals surface area contributed by atoms with E-state index in [1.54, 1.807) is 0 Å². The van der Waals surface area contributed by atoms with E-state index in [-0.39, 0.29) is 5.54 Å². The average molecular weight is 573 g/mol. The first-order valence-corrected chi connectivity index (χ1v) is 14.5. The second-order valence-electron chi connectivity index (χ2n) is 12.0. The number of rotatable bonds is 8. The molecule has 0 amide bonds. The molecule has 0 saturated carbocycles. The van der Waals surface area contributed by atoms with Crippen molar-refractivity contribution in [2.75, 3.05) is 18.4 Å². The summed E-state index contributed by atoms with van der Waals surface area (Å²) < 4.78 is 5.69. The summed E-state index contributed by atoms with van der Waals surface area (Å²) in [4.78, 5) is 18.9. The van der Waals surface area contributed by atoms with Crippen molar-refractivity contribution in [1.82, 2.24) is 15.0 Å². The number of aromatic nitrogens is 2. The monoisotopic (exact) mass is 572 g/mol. The molecular weight excluding hydrogens is 536 g/mol. The average Bonchev–Trinajstić information content (AvgIpc) is 3.43. The molecule has 0 spiro atoms. The van der Waals surface area contributed by atoms with E-state index in [1.807, 2.05) is 61.5 Å². The molecule has 5 rings (SSSR count). The van der Waals surface area contributed by atoms with Crippen molar-refractivity contribution < 1.29 is 14.4 Å². The van der Waals surface area contributed by atoms with Gasteiger partial charge in [0.2, 0.25) is 5.82 Å². The van der Waals surface area contributed by atoms with Crippen LogP contribution in [0.2, 0.25) is 5.02 Å². The third-order valence-electron chi connectivity index (χ3n) is 7.91. The van der Waals surface area contributed by atoms with Crippen LogP contribution in [0.1, 0.15) is 52.5 Å². The Morgan fingerprint density at radius 3 is 2.37 bits per heavy atom. The normalized spacial score (nSPS) is 15.5. The Bertz CT molecular complexity index is 1520. The lowest BCUT2D eigenvalue weighted by molar-refractivity contribution is -0.152. The van der Waals surface area contributed by atoms with Crippen LogP contribution in [0, 0.1) is 5.41 Å². The van der Waals surface area contributed by atoms with Gasteiger partial charge in [-0.05, 0) is 88.5 Å². The molecule has 1 aliphatic rings. The molecule has 2 heterocycles. The predicted octanol–water partition coefficient (Wildman–Crippen LogP) is 8.01. The Kier molecular flexibility index (Phi) is 8.20. The fourth-order valence-corrected chi connectivity index (χ4v) is 5.75. The van der Waals surface area contributed by atoms with E-state index in [0.29, 0.717) is 36.0 Å². The molecule has 3 aromatic carbocycles. The molecule has 7 nitrogen and oxygen atoms in total. The van der Waals surface area contributed by atoms with Gasteiger partial charge in [0, 0.05) is 39.5 Å². The number of carboxylic acid groups (broad SMARTS) is 1. The molecule has 1 aromatic heterocycles. The van der Waals surface area contributed by atoms with Crippen molar-refractivity contribution in [1.29, 1.82) is 0 Å². The van der Waals surface area contributed by atoms with Crippen LogP contribution < -0.4 is 5.32 Å². The summed E-state index contributed by atoms with van der Waals surface area (Å²) in [7, 11) is 0. The number of nitrogens with zero attached hydrogens (tertiary/aromatic N) is 3. The van der Waals surface area contributed by atoms with E-state index in [2.05, 4.69) is 48.3 Å². The first-order valence-electron chi connectivity index (χ1n) is 14.1. The molecule has 2 N–H and O–H groups in total. The highest BCUT2D eigenvalue weighted by Gasteiger charge is 2.39. The van der Waals surface area contributed by atoms with Gasteiger partial charge in [-0.15, -0.1) is 0 Å². The Balaban J connectivity index is 1.38. The Morgan fingerprint density at radius 1 is 1.02 bits per heavy atom. The van der Waals surface area contributed by atoms with Crippen molar-refractivity contribution in [3.8, 4) is 34.0 Å². The standard InChI is InChI=1S/C33H37ClN4O3/c1-5-33(31(39)40)15-17-38(18-16-33)21-22-11-13-26(28(19-22)36-32(2,3)4)29-35-30(41-37-29)24-12-14-25(27(34)20-24)23-9-7-6-8-10-23/h6-14,19-20,36H,5,15-18,21H2,1-4H3,(H,39,40). The van der Waals surface area contributed by atoms with Gasteiger partial charge in [-0.25, -0.2) is 0 Å². The van der Waals surface area contributed by atoms with E-state index >= 15 is 0 Å². The molecule has 1 fully saturated rings. The van der Waals surface area contributed by atoms with Crippen LogP contribution in [0.4, 0.5) is 5.69 Å². The number of benzene rings is 3. The SMILES string of the molecule is CCC1(C(=O)O)CCN(Cc2ccc(-c3noc(-c4ccc(-c5ccccc5)c(Cl)c4)n3)c(NC(C)(C)C)c2)CC1. The molecule has 4 aromatic rings. The molecule has 1 aliphatic heterocycles. The van der Waals surface area contributed by atoms with Crippen LogP contribution in [0.3, 0.4) is 0 Å². The van der Waals surface area contributed by atoms with Gasteiger partial charge in [0.25, 0.3) is 5.89 Å². The molecular formula is C33H37ClN4O3. The van der Waals surface area contributed by atoms with E-state index in [4.69, 9.17) is 21.1 Å². The largest absolute Gasteiger partial charge is 0.481 e. The number of aliphatic carboxylic acids is 1. The number of anilines is 1. The summed E-state index contributed by atoms with van der Waals surface area (Å²) in [6, 6.07) is 22.0. The maximum atomic E-state index is 11.9. The number of likely N-dealkylation sites (tertiary alicyclic amines) is 1. The zero-order chi connectivity index (χ0) is 29.2. The summed E-state index contributed by atoms with van der Waals surface area (Å²) in [5.41, 5.74) is 4.88. The lowest BCUT2D eigenvalue weighted by Gasteiger charge is -2.38. The molecule has 41 heavy (non-hydrogen) atoms. The van der Waals surface area contributed by atoms with E-state index in [0.717, 1.165) is 53.1 Å². The Labute approximate surface area is 246 Å². The summed E-state index contributed by atoms with van der Waals surface area (Å²) in [5.74, 6) is 0.224. The minimum Gasteiger partial charge on any atom is -0.481 e.